The molecule has 1 fully saturated rings. The molecular formula is C13H17F2N. The Bertz CT molecular complexity index is 395. The number of hydrogen-bond acceptors (Lipinski definition) is 1. The van der Waals surface area contributed by atoms with Crippen molar-refractivity contribution < 1.29 is 8.78 Å². The van der Waals surface area contributed by atoms with Crippen LogP contribution in [0.15, 0.2) is 12.1 Å². The van der Waals surface area contributed by atoms with Gasteiger partial charge in [0, 0.05) is 17.5 Å². The minimum atomic E-state index is -0.480. The van der Waals surface area contributed by atoms with Crippen LogP contribution in [0.25, 0.3) is 0 Å². The number of rotatable bonds is 2. The Morgan fingerprint density at radius 3 is 2.44 bits per heavy atom. The zero-order chi connectivity index (χ0) is 11.8. The topological polar surface area (TPSA) is 26.0 Å². The Morgan fingerprint density at radius 1 is 1.25 bits per heavy atom. The lowest BCUT2D eigenvalue weighted by Crippen LogP contribution is -2.33. The van der Waals surface area contributed by atoms with Crippen LogP contribution < -0.4 is 5.73 Å². The van der Waals surface area contributed by atoms with Crippen molar-refractivity contribution in [3.63, 3.8) is 0 Å². The summed E-state index contributed by atoms with van der Waals surface area (Å²) >= 11 is 0. The van der Waals surface area contributed by atoms with Crippen molar-refractivity contribution in [3.05, 3.63) is 34.9 Å². The smallest absolute Gasteiger partial charge is 0.132 e. The molecule has 1 saturated carbocycles. The van der Waals surface area contributed by atoms with Gasteiger partial charge < -0.3 is 5.73 Å². The Hall–Kier alpha value is -0.960. The molecule has 0 spiro atoms. The first-order valence-electron chi connectivity index (χ1n) is 5.76. The highest BCUT2D eigenvalue weighted by molar-refractivity contribution is 5.34. The zero-order valence-corrected chi connectivity index (χ0v) is 9.52. The zero-order valence-electron chi connectivity index (χ0n) is 9.52. The van der Waals surface area contributed by atoms with Crippen LogP contribution in [0.4, 0.5) is 8.78 Å². The van der Waals surface area contributed by atoms with Crippen LogP contribution in [0.1, 0.15) is 36.8 Å². The molecule has 0 saturated heterocycles. The summed E-state index contributed by atoms with van der Waals surface area (Å²) in [5.41, 5.74) is 6.25. The molecule has 0 aliphatic heterocycles. The van der Waals surface area contributed by atoms with Crippen LogP contribution in [-0.2, 0) is 5.41 Å². The molecule has 0 aromatic heterocycles. The van der Waals surface area contributed by atoms with Gasteiger partial charge in [-0.2, -0.15) is 0 Å². The Balaban J connectivity index is 2.51. The molecule has 0 radical (unpaired) electrons. The van der Waals surface area contributed by atoms with Crippen molar-refractivity contribution in [2.75, 3.05) is 6.54 Å². The van der Waals surface area contributed by atoms with Gasteiger partial charge in [-0.1, -0.05) is 18.9 Å². The first kappa shape index (κ1) is 11.5. The van der Waals surface area contributed by atoms with E-state index in [1.165, 1.54) is 13.0 Å². The van der Waals surface area contributed by atoms with E-state index in [4.69, 9.17) is 5.73 Å². The van der Waals surface area contributed by atoms with Crippen LogP contribution in [0, 0.1) is 18.6 Å². The maximum absolute atomic E-state index is 14.1. The van der Waals surface area contributed by atoms with E-state index in [9.17, 15) is 8.78 Å². The lowest BCUT2D eigenvalue weighted by Gasteiger charge is -2.28. The third kappa shape index (κ3) is 1.63. The molecule has 1 aliphatic carbocycles. The molecule has 0 heterocycles. The van der Waals surface area contributed by atoms with Gasteiger partial charge in [0.15, 0.2) is 0 Å². The van der Waals surface area contributed by atoms with Crippen LogP contribution in [-0.4, -0.2) is 6.54 Å². The second-order valence-corrected chi connectivity index (χ2v) is 4.73. The summed E-state index contributed by atoms with van der Waals surface area (Å²) in [7, 11) is 0. The molecule has 1 aromatic rings. The lowest BCUT2D eigenvalue weighted by atomic mass is 9.78. The van der Waals surface area contributed by atoms with Crippen molar-refractivity contribution in [1.29, 1.82) is 0 Å². The Kier molecular flexibility index (Phi) is 2.98. The standard InChI is InChI=1S/C13H17F2N/c1-9-11(14)5-4-10(12(9)15)13(8-16)6-2-3-7-13/h4-5H,2-3,6-8,16H2,1H3. The molecule has 2 rings (SSSR count). The van der Waals surface area contributed by atoms with E-state index in [-0.39, 0.29) is 11.0 Å². The average molecular weight is 225 g/mol. The van der Waals surface area contributed by atoms with Gasteiger partial charge in [0.2, 0.25) is 0 Å². The quantitative estimate of drug-likeness (QED) is 0.822. The van der Waals surface area contributed by atoms with E-state index in [2.05, 4.69) is 0 Å². The summed E-state index contributed by atoms with van der Waals surface area (Å²) in [4.78, 5) is 0. The summed E-state index contributed by atoms with van der Waals surface area (Å²) in [6, 6.07) is 2.92. The monoisotopic (exact) mass is 225 g/mol. The van der Waals surface area contributed by atoms with Gasteiger partial charge in [-0.15, -0.1) is 0 Å². The van der Waals surface area contributed by atoms with Gasteiger partial charge in [-0.3, -0.25) is 0 Å². The van der Waals surface area contributed by atoms with E-state index in [0.29, 0.717) is 12.1 Å². The number of nitrogens with two attached hydrogens (primary N) is 1. The molecule has 1 aliphatic rings. The summed E-state index contributed by atoms with van der Waals surface area (Å²) in [6.45, 7) is 1.92. The molecule has 0 bridgehead atoms. The van der Waals surface area contributed by atoms with E-state index in [1.54, 1.807) is 6.07 Å². The highest BCUT2D eigenvalue weighted by Gasteiger charge is 2.36. The fourth-order valence-electron chi connectivity index (χ4n) is 2.71. The first-order chi connectivity index (χ1) is 7.60. The molecule has 88 valence electrons. The highest BCUT2D eigenvalue weighted by atomic mass is 19.1. The van der Waals surface area contributed by atoms with E-state index in [1.807, 2.05) is 0 Å². The summed E-state index contributed by atoms with van der Waals surface area (Å²) < 4.78 is 27.3. The fraction of sp³-hybridized carbons (Fsp3) is 0.538. The maximum atomic E-state index is 14.1. The predicted molar refractivity (Wildman–Crippen MR) is 60.3 cm³/mol. The van der Waals surface area contributed by atoms with E-state index in [0.717, 1.165) is 25.7 Å². The van der Waals surface area contributed by atoms with Crippen molar-refractivity contribution >= 4 is 0 Å². The SMILES string of the molecule is Cc1c(F)ccc(C2(CN)CCCC2)c1F. The third-order valence-corrected chi connectivity index (χ3v) is 3.84. The van der Waals surface area contributed by atoms with Gasteiger partial charge in [-0.25, -0.2) is 8.78 Å². The molecule has 3 heteroatoms. The molecular weight excluding hydrogens is 208 g/mol. The second kappa shape index (κ2) is 4.13. The Morgan fingerprint density at radius 2 is 1.88 bits per heavy atom. The van der Waals surface area contributed by atoms with Crippen molar-refractivity contribution in [3.8, 4) is 0 Å². The minimum absolute atomic E-state index is 0.109. The average Bonchev–Trinajstić information content (AvgIpc) is 2.76. The molecule has 2 N–H and O–H groups in total. The van der Waals surface area contributed by atoms with Gasteiger partial charge >= 0.3 is 0 Å². The third-order valence-electron chi connectivity index (χ3n) is 3.84. The summed E-state index contributed by atoms with van der Waals surface area (Å²) in [5.74, 6) is -0.890. The van der Waals surface area contributed by atoms with Gasteiger partial charge in [0.1, 0.15) is 11.6 Å². The first-order valence-corrected chi connectivity index (χ1v) is 5.76. The molecule has 1 nitrogen and oxygen atoms in total. The van der Waals surface area contributed by atoms with Crippen molar-refractivity contribution in [2.24, 2.45) is 5.73 Å². The highest BCUT2D eigenvalue weighted by Crippen LogP contribution is 2.41. The van der Waals surface area contributed by atoms with Gasteiger partial charge in [-0.05, 0) is 31.4 Å². The normalized spacial score (nSPS) is 19.0. The maximum Gasteiger partial charge on any atom is 0.132 e. The van der Waals surface area contributed by atoms with Crippen LogP contribution in [0.5, 0.6) is 0 Å². The lowest BCUT2D eigenvalue weighted by molar-refractivity contribution is 0.421. The minimum Gasteiger partial charge on any atom is -0.330 e. The fourth-order valence-corrected chi connectivity index (χ4v) is 2.71. The van der Waals surface area contributed by atoms with Crippen LogP contribution >= 0.6 is 0 Å². The molecule has 0 unspecified atom stereocenters. The molecule has 0 atom stereocenters. The predicted octanol–water partition coefficient (Wildman–Crippen LogP) is 3.04. The van der Waals surface area contributed by atoms with Crippen molar-refractivity contribution in [1.82, 2.24) is 0 Å². The number of benzene rings is 1. The Labute approximate surface area is 94.7 Å². The van der Waals surface area contributed by atoms with E-state index >= 15 is 0 Å². The van der Waals surface area contributed by atoms with Crippen LogP contribution in [0.2, 0.25) is 0 Å². The molecule has 0 amide bonds. The van der Waals surface area contributed by atoms with Gasteiger partial charge in [0.25, 0.3) is 0 Å². The summed E-state index contributed by atoms with van der Waals surface area (Å²) in [6.07, 6.45) is 3.97. The van der Waals surface area contributed by atoms with Crippen LogP contribution in [0.3, 0.4) is 0 Å². The number of halogens is 2. The largest absolute Gasteiger partial charge is 0.330 e. The van der Waals surface area contributed by atoms with Gasteiger partial charge in [0.05, 0.1) is 0 Å². The molecule has 16 heavy (non-hydrogen) atoms. The number of hydrogen-bond donors (Lipinski definition) is 1. The second-order valence-electron chi connectivity index (χ2n) is 4.73. The van der Waals surface area contributed by atoms with E-state index < -0.39 is 11.6 Å². The molecule has 1 aromatic carbocycles. The summed E-state index contributed by atoms with van der Waals surface area (Å²) in [5, 5.41) is 0. The van der Waals surface area contributed by atoms with Crippen molar-refractivity contribution in [2.45, 2.75) is 38.0 Å².